The average Bonchev–Trinajstić information content (AvgIpc) is 2.91. The summed E-state index contributed by atoms with van der Waals surface area (Å²) in [4.78, 5) is 10.8. The number of carboxylic acids is 1. The first-order valence-electron chi connectivity index (χ1n) is 5.72. The number of nitrogens with zero attached hydrogens (tertiary/aromatic N) is 1. The van der Waals surface area contributed by atoms with Crippen molar-refractivity contribution in [1.82, 2.24) is 4.31 Å². The maximum Gasteiger partial charge on any atom is 0.335 e. The Hall–Kier alpha value is -1.70. The highest BCUT2D eigenvalue weighted by Gasteiger charge is 2.21. The van der Waals surface area contributed by atoms with Crippen LogP contribution < -0.4 is 0 Å². The number of carboxylic acid groups (broad SMARTS) is 1. The maximum absolute atomic E-state index is 12.3. The Bertz CT molecular complexity index is 690. The van der Waals surface area contributed by atoms with Crippen molar-refractivity contribution in [3.05, 3.63) is 52.2 Å². The molecule has 0 amide bonds. The van der Waals surface area contributed by atoms with E-state index in [4.69, 9.17) is 5.11 Å². The Morgan fingerprint density at radius 3 is 2.40 bits per heavy atom. The van der Waals surface area contributed by atoms with Crippen LogP contribution in [0, 0.1) is 0 Å². The highest BCUT2D eigenvalue weighted by Crippen LogP contribution is 2.18. The molecule has 2 rings (SSSR count). The summed E-state index contributed by atoms with van der Waals surface area (Å²) in [6.07, 6.45) is 0. The van der Waals surface area contributed by atoms with Gasteiger partial charge in [0, 0.05) is 13.6 Å². The minimum atomic E-state index is -3.61. The molecule has 0 aliphatic carbocycles. The second-order valence-corrected chi connectivity index (χ2v) is 7.05. The summed E-state index contributed by atoms with van der Waals surface area (Å²) < 4.78 is 25.9. The minimum absolute atomic E-state index is 0.0597. The van der Waals surface area contributed by atoms with Crippen LogP contribution >= 0.6 is 11.3 Å². The zero-order chi connectivity index (χ0) is 14.8. The van der Waals surface area contributed by atoms with E-state index in [9.17, 15) is 13.2 Å². The SMILES string of the molecule is CN(Cc1ccsc1)S(=O)(=O)c1ccc(C(=O)O)cc1. The van der Waals surface area contributed by atoms with Crippen LogP contribution in [-0.4, -0.2) is 30.8 Å². The van der Waals surface area contributed by atoms with Crippen LogP contribution in [0.1, 0.15) is 15.9 Å². The van der Waals surface area contributed by atoms with Gasteiger partial charge in [-0.1, -0.05) is 0 Å². The first-order chi connectivity index (χ1) is 9.41. The fraction of sp³-hybridized carbons (Fsp3) is 0.154. The fourth-order valence-electron chi connectivity index (χ4n) is 1.67. The van der Waals surface area contributed by atoms with E-state index >= 15 is 0 Å². The molecule has 1 aromatic carbocycles. The molecule has 0 spiro atoms. The van der Waals surface area contributed by atoms with Crippen molar-refractivity contribution in [2.24, 2.45) is 0 Å². The standard InChI is InChI=1S/C13H13NO4S2/c1-14(8-10-6-7-19-9-10)20(17,18)12-4-2-11(3-5-12)13(15)16/h2-7,9H,8H2,1H3,(H,15,16). The predicted octanol–water partition coefficient (Wildman–Crippen LogP) is 2.27. The average molecular weight is 311 g/mol. The lowest BCUT2D eigenvalue weighted by Crippen LogP contribution is -2.26. The van der Waals surface area contributed by atoms with Crippen molar-refractivity contribution >= 4 is 27.3 Å². The largest absolute Gasteiger partial charge is 0.478 e. The molecule has 7 heteroatoms. The molecule has 0 bridgehead atoms. The summed E-state index contributed by atoms with van der Waals surface area (Å²) in [6, 6.07) is 7.05. The second-order valence-electron chi connectivity index (χ2n) is 4.22. The molecule has 5 nitrogen and oxygen atoms in total. The number of carbonyl (C=O) groups is 1. The number of thiophene rings is 1. The summed E-state index contributed by atoms with van der Waals surface area (Å²) in [7, 11) is -2.11. The number of hydrogen-bond donors (Lipinski definition) is 1. The van der Waals surface area contributed by atoms with Crippen molar-refractivity contribution < 1.29 is 18.3 Å². The quantitative estimate of drug-likeness (QED) is 0.919. The highest BCUT2D eigenvalue weighted by molar-refractivity contribution is 7.89. The minimum Gasteiger partial charge on any atom is -0.478 e. The van der Waals surface area contributed by atoms with Crippen molar-refractivity contribution in [2.75, 3.05) is 7.05 Å². The van der Waals surface area contributed by atoms with Gasteiger partial charge in [0.25, 0.3) is 0 Å². The lowest BCUT2D eigenvalue weighted by Gasteiger charge is -2.16. The van der Waals surface area contributed by atoms with Crippen LogP contribution in [-0.2, 0) is 16.6 Å². The van der Waals surface area contributed by atoms with Gasteiger partial charge in [-0.25, -0.2) is 13.2 Å². The van der Waals surface area contributed by atoms with Gasteiger partial charge in [-0.2, -0.15) is 15.6 Å². The molecule has 20 heavy (non-hydrogen) atoms. The van der Waals surface area contributed by atoms with Gasteiger partial charge in [-0.15, -0.1) is 0 Å². The molecule has 0 saturated carbocycles. The monoisotopic (exact) mass is 311 g/mol. The van der Waals surface area contributed by atoms with E-state index in [1.54, 1.807) is 0 Å². The summed E-state index contributed by atoms with van der Waals surface area (Å²) in [5.41, 5.74) is 0.979. The Balaban J connectivity index is 2.23. The molecule has 0 saturated heterocycles. The third-order valence-electron chi connectivity index (χ3n) is 2.79. The summed E-state index contributed by atoms with van der Waals surface area (Å²) in [5.74, 6) is -1.08. The van der Waals surface area contributed by atoms with Crippen molar-refractivity contribution in [3.8, 4) is 0 Å². The summed E-state index contributed by atoms with van der Waals surface area (Å²) in [6.45, 7) is 0.284. The lowest BCUT2D eigenvalue weighted by molar-refractivity contribution is 0.0696. The lowest BCUT2D eigenvalue weighted by atomic mass is 10.2. The molecule has 1 N–H and O–H groups in total. The van der Waals surface area contributed by atoms with E-state index in [1.807, 2.05) is 16.8 Å². The second kappa shape index (κ2) is 5.74. The third-order valence-corrected chi connectivity index (χ3v) is 5.34. The molecule has 0 fully saturated rings. The number of benzene rings is 1. The van der Waals surface area contributed by atoms with Gasteiger partial charge in [0.15, 0.2) is 0 Å². The predicted molar refractivity (Wildman–Crippen MR) is 76.4 cm³/mol. The van der Waals surface area contributed by atoms with Crippen LogP contribution in [0.4, 0.5) is 0 Å². The van der Waals surface area contributed by atoms with Crippen LogP contribution in [0.2, 0.25) is 0 Å². The van der Waals surface area contributed by atoms with Crippen LogP contribution in [0.15, 0.2) is 46.0 Å². The topological polar surface area (TPSA) is 74.7 Å². The van der Waals surface area contributed by atoms with E-state index < -0.39 is 16.0 Å². The molecule has 0 radical (unpaired) electrons. The molecule has 0 aliphatic rings. The number of sulfonamides is 1. The summed E-state index contributed by atoms with van der Waals surface area (Å²) >= 11 is 1.51. The molecule has 2 aromatic rings. The maximum atomic E-state index is 12.3. The highest BCUT2D eigenvalue weighted by atomic mass is 32.2. The zero-order valence-electron chi connectivity index (χ0n) is 10.7. The van der Waals surface area contributed by atoms with Gasteiger partial charge in [-0.05, 0) is 46.7 Å². The van der Waals surface area contributed by atoms with Crippen molar-refractivity contribution in [2.45, 2.75) is 11.4 Å². The molecule has 106 valence electrons. The van der Waals surface area contributed by atoms with Crippen molar-refractivity contribution in [1.29, 1.82) is 0 Å². The van der Waals surface area contributed by atoms with Gasteiger partial charge in [-0.3, -0.25) is 0 Å². The van der Waals surface area contributed by atoms with E-state index in [1.165, 1.54) is 47.0 Å². The summed E-state index contributed by atoms with van der Waals surface area (Å²) in [5, 5.41) is 12.6. The van der Waals surface area contributed by atoms with Crippen LogP contribution in [0.25, 0.3) is 0 Å². The molecule has 1 aromatic heterocycles. The van der Waals surface area contributed by atoms with Crippen molar-refractivity contribution in [3.63, 3.8) is 0 Å². The molecule has 0 atom stereocenters. The Kier molecular flexibility index (Phi) is 4.22. The molecule has 0 aliphatic heterocycles. The van der Waals surface area contributed by atoms with Crippen LogP contribution in [0.5, 0.6) is 0 Å². The fourth-order valence-corrected chi connectivity index (χ4v) is 3.49. The Labute approximate surface area is 121 Å². The van der Waals surface area contributed by atoms with Gasteiger partial charge < -0.3 is 5.11 Å². The smallest absolute Gasteiger partial charge is 0.335 e. The third kappa shape index (κ3) is 3.06. The van der Waals surface area contributed by atoms with Gasteiger partial charge in [0.2, 0.25) is 10.0 Å². The molecule has 0 unspecified atom stereocenters. The zero-order valence-corrected chi connectivity index (χ0v) is 12.3. The first-order valence-corrected chi connectivity index (χ1v) is 8.10. The van der Waals surface area contributed by atoms with Crippen LogP contribution in [0.3, 0.4) is 0 Å². The normalized spacial score (nSPS) is 11.7. The van der Waals surface area contributed by atoms with E-state index in [0.29, 0.717) is 0 Å². The Morgan fingerprint density at radius 1 is 1.25 bits per heavy atom. The number of aromatic carboxylic acids is 1. The first kappa shape index (κ1) is 14.7. The van der Waals surface area contributed by atoms with Gasteiger partial charge >= 0.3 is 5.97 Å². The molecular formula is C13H13NO4S2. The Morgan fingerprint density at radius 2 is 1.90 bits per heavy atom. The molecule has 1 heterocycles. The van der Waals surface area contributed by atoms with E-state index in [-0.39, 0.29) is 17.0 Å². The van der Waals surface area contributed by atoms with E-state index in [2.05, 4.69) is 0 Å². The molecular weight excluding hydrogens is 298 g/mol. The van der Waals surface area contributed by atoms with E-state index in [0.717, 1.165) is 5.56 Å². The number of rotatable bonds is 5. The van der Waals surface area contributed by atoms with Gasteiger partial charge in [0.05, 0.1) is 10.5 Å². The van der Waals surface area contributed by atoms with Gasteiger partial charge in [0.1, 0.15) is 0 Å². The number of hydrogen-bond acceptors (Lipinski definition) is 4.